The first-order chi connectivity index (χ1) is 12.1. The van der Waals surface area contributed by atoms with Gasteiger partial charge in [0.1, 0.15) is 23.4 Å². The third-order valence-corrected chi connectivity index (χ3v) is 5.77. The highest BCUT2D eigenvalue weighted by Crippen LogP contribution is 2.59. The van der Waals surface area contributed by atoms with E-state index < -0.39 is 0 Å². The molecule has 132 valence electrons. The van der Waals surface area contributed by atoms with E-state index in [1.54, 1.807) is 7.11 Å². The fourth-order valence-corrected chi connectivity index (χ4v) is 4.08. The smallest absolute Gasteiger partial charge is 0.324 e. The number of benzene rings is 1. The van der Waals surface area contributed by atoms with E-state index in [-0.39, 0.29) is 36.0 Å². The molecule has 25 heavy (non-hydrogen) atoms. The molecule has 2 aliphatic heterocycles. The van der Waals surface area contributed by atoms with Gasteiger partial charge >= 0.3 is 6.03 Å². The number of nitrogens with zero attached hydrogens (tertiary/aromatic N) is 1. The summed E-state index contributed by atoms with van der Waals surface area (Å²) >= 11 is 0. The Hall–Kier alpha value is -2.44. The third-order valence-electron chi connectivity index (χ3n) is 5.77. The molecule has 0 unspecified atom stereocenters. The van der Waals surface area contributed by atoms with Gasteiger partial charge < -0.3 is 19.5 Å². The van der Waals surface area contributed by atoms with Gasteiger partial charge in [-0.3, -0.25) is 9.69 Å². The predicted octanol–water partition coefficient (Wildman–Crippen LogP) is 1.58. The van der Waals surface area contributed by atoms with E-state index in [9.17, 15) is 9.59 Å². The summed E-state index contributed by atoms with van der Waals surface area (Å²) in [6, 6.07) is 3.49. The first-order valence-corrected chi connectivity index (χ1v) is 8.71. The molecule has 7 nitrogen and oxygen atoms in total. The average molecular weight is 344 g/mol. The summed E-state index contributed by atoms with van der Waals surface area (Å²) in [6.07, 6.45) is 3.58. The van der Waals surface area contributed by atoms with Crippen molar-refractivity contribution < 1.29 is 23.8 Å². The molecule has 3 amide bonds. The van der Waals surface area contributed by atoms with E-state index in [1.165, 1.54) is 4.90 Å². The van der Waals surface area contributed by atoms with Gasteiger partial charge in [0.05, 0.1) is 20.3 Å². The Kier molecular flexibility index (Phi) is 2.99. The number of hydrogen-bond donors (Lipinski definition) is 1. The molecular weight excluding hydrogens is 324 g/mol. The van der Waals surface area contributed by atoms with Crippen LogP contribution in [0.3, 0.4) is 0 Å². The Morgan fingerprint density at radius 3 is 2.72 bits per heavy atom. The number of ether oxygens (including phenoxy) is 3. The van der Waals surface area contributed by atoms with Crippen molar-refractivity contribution in [1.82, 2.24) is 10.2 Å². The highest BCUT2D eigenvalue weighted by molar-refractivity contribution is 6.02. The van der Waals surface area contributed by atoms with Gasteiger partial charge in [-0.2, -0.15) is 0 Å². The van der Waals surface area contributed by atoms with E-state index in [0.29, 0.717) is 19.4 Å². The molecular formula is C18H20N2O5. The summed E-state index contributed by atoms with van der Waals surface area (Å²) in [7, 11) is 1.63. The maximum atomic E-state index is 11.8. The number of urea groups is 1. The Bertz CT molecular complexity index is 751. The lowest BCUT2D eigenvalue weighted by molar-refractivity contribution is -0.129. The molecule has 2 aliphatic carbocycles. The second-order valence-electron chi connectivity index (χ2n) is 7.36. The standard InChI is InChI=1S/C18H20N2O5/c1-23-11-6-13-16(18(2-3-18)9-24-13)14(7-11)25-12-4-10(5-12)20-15(21)8-19-17(20)22/h6-7,10,12H,2-5,8-9H2,1H3,(H,19,22). The molecule has 1 spiro atoms. The molecule has 0 aromatic heterocycles. The highest BCUT2D eigenvalue weighted by atomic mass is 16.5. The van der Waals surface area contributed by atoms with Crippen LogP contribution in [-0.2, 0) is 10.2 Å². The van der Waals surface area contributed by atoms with Crippen LogP contribution in [0.25, 0.3) is 0 Å². The molecule has 2 saturated carbocycles. The number of amides is 3. The molecule has 5 rings (SSSR count). The maximum Gasteiger partial charge on any atom is 0.324 e. The van der Waals surface area contributed by atoms with Crippen LogP contribution in [-0.4, -0.2) is 49.2 Å². The SMILES string of the molecule is COc1cc2c(c(OC3CC(N4C(=O)CNC4=O)C3)c1)C1(CC1)CO2. The summed E-state index contributed by atoms with van der Waals surface area (Å²) < 4.78 is 17.5. The lowest BCUT2D eigenvalue weighted by Crippen LogP contribution is -2.51. The molecule has 3 fully saturated rings. The second kappa shape index (κ2) is 5.03. The van der Waals surface area contributed by atoms with E-state index in [0.717, 1.165) is 35.7 Å². The summed E-state index contributed by atoms with van der Waals surface area (Å²) in [6.45, 7) is 0.811. The summed E-state index contributed by atoms with van der Waals surface area (Å²) in [5, 5.41) is 2.56. The topological polar surface area (TPSA) is 77.1 Å². The van der Waals surface area contributed by atoms with Crippen molar-refractivity contribution in [2.24, 2.45) is 0 Å². The van der Waals surface area contributed by atoms with Crippen molar-refractivity contribution in [1.29, 1.82) is 0 Å². The van der Waals surface area contributed by atoms with Gasteiger partial charge in [0, 0.05) is 42.0 Å². The fourth-order valence-electron chi connectivity index (χ4n) is 4.08. The molecule has 2 heterocycles. The summed E-state index contributed by atoms with van der Waals surface area (Å²) in [4.78, 5) is 24.9. The zero-order valence-corrected chi connectivity index (χ0v) is 14.0. The van der Waals surface area contributed by atoms with Gasteiger partial charge in [-0.1, -0.05) is 0 Å². The first-order valence-electron chi connectivity index (χ1n) is 8.71. The lowest BCUT2D eigenvalue weighted by Gasteiger charge is -2.39. The van der Waals surface area contributed by atoms with Crippen molar-refractivity contribution in [2.75, 3.05) is 20.3 Å². The van der Waals surface area contributed by atoms with Crippen molar-refractivity contribution in [3.05, 3.63) is 17.7 Å². The van der Waals surface area contributed by atoms with Crippen LogP contribution in [0.2, 0.25) is 0 Å². The number of methoxy groups -OCH3 is 1. The first kappa shape index (κ1) is 14.9. The molecule has 1 saturated heterocycles. The Balaban J connectivity index is 1.34. The van der Waals surface area contributed by atoms with Gasteiger partial charge in [-0.05, 0) is 12.8 Å². The molecule has 7 heteroatoms. The van der Waals surface area contributed by atoms with E-state index in [1.807, 2.05) is 12.1 Å². The van der Waals surface area contributed by atoms with Crippen LogP contribution < -0.4 is 19.5 Å². The van der Waals surface area contributed by atoms with Crippen molar-refractivity contribution in [3.8, 4) is 17.2 Å². The third kappa shape index (κ3) is 2.18. The minimum absolute atomic E-state index is 0.00111. The van der Waals surface area contributed by atoms with Crippen LogP contribution >= 0.6 is 0 Å². The van der Waals surface area contributed by atoms with E-state index in [4.69, 9.17) is 14.2 Å². The number of carbonyl (C=O) groups is 2. The molecule has 0 radical (unpaired) electrons. The van der Waals surface area contributed by atoms with Crippen molar-refractivity contribution in [3.63, 3.8) is 0 Å². The minimum atomic E-state index is -0.291. The van der Waals surface area contributed by atoms with Crippen molar-refractivity contribution in [2.45, 2.75) is 43.2 Å². The molecule has 0 atom stereocenters. The van der Waals surface area contributed by atoms with Gasteiger partial charge in [-0.15, -0.1) is 0 Å². The number of fused-ring (bicyclic) bond motifs is 2. The summed E-state index contributed by atoms with van der Waals surface area (Å²) in [5.74, 6) is 2.25. The molecule has 1 aromatic rings. The Labute approximate surface area is 145 Å². The average Bonchev–Trinajstić information content (AvgIpc) is 3.15. The largest absolute Gasteiger partial charge is 0.496 e. The van der Waals surface area contributed by atoms with E-state index in [2.05, 4.69) is 5.32 Å². The highest BCUT2D eigenvalue weighted by Gasteiger charge is 2.53. The predicted molar refractivity (Wildman–Crippen MR) is 87.1 cm³/mol. The van der Waals surface area contributed by atoms with Gasteiger partial charge in [0.25, 0.3) is 0 Å². The molecule has 0 bridgehead atoms. The maximum absolute atomic E-state index is 11.8. The zero-order valence-electron chi connectivity index (χ0n) is 14.0. The minimum Gasteiger partial charge on any atom is -0.496 e. The quantitative estimate of drug-likeness (QED) is 0.839. The van der Waals surface area contributed by atoms with Crippen LogP contribution in [0.1, 0.15) is 31.2 Å². The van der Waals surface area contributed by atoms with Gasteiger partial charge in [-0.25, -0.2) is 4.79 Å². The monoisotopic (exact) mass is 344 g/mol. The molecule has 4 aliphatic rings. The number of rotatable bonds is 4. The van der Waals surface area contributed by atoms with Crippen LogP contribution in [0, 0.1) is 0 Å². The lowest BCUT2D eigenvalue weighted by atomic mass is 9.87. The van der Waals surface area contributed by atoms with Crippen LogP contribution in [0.15, 0.2) is 12.1 Å². The molecule has 1 aromatic carbocycles. The summed E-state index contributed by atoms with van der Waals surface area (Å²) in [5.41, 5.74) is 1.27. The van der Waals surface area contributed by atoms with E-state index >= 15 is 0 Å². The van der Waals surface area contributed by atoms with Gasteiger partial charge in [0.2, 0.25) is 5.91 Å². The van der Waals surface area contributed by atoms with Crippen LogP contribution in [0.5, 0.6) is 17.2 Å². The van der Waals surface area contributed by atoms with Gasteiger partial charge in [0.15, 0.2) is 0 Å². The second-order valence-corrected chi connectivity index (χ2v) is 7.36. The zero-order chi connectivity index (χ0) is 17.2. The number of imide groups is 1. The van der Waals surface area contributed by atoms with Crippen molar-refractivity contribution >= 4 is 11.9 Å². The number of carbonyl (C=O) groups excluding carboxylic acids is 2. The molecule has 1 N–H and O–H groups in total. The normalized spacial score (nSPS) is 28.3. The Morgan fingerprint density at radius 2 is 2.08 bits per heavy atom. The number of nitrogens with one attached hydrogen (secondary N) is 1. The Morgan fingerprint density at radius 1 is 1.28 bits per heavy atom. The fraction of sp³-hybridized carbons (Fsp3) is 0.556. The number of hydrogen-bond acceptors (Lipinski definition) is 5. The van der Waals surface area contributed by atoms with Crippen LogP contribution in [0.4, 0.5) is 4.79 Å².